The Morgan fingerprint density at radius 2 is 1.38 bits per heavy atom. The smallest absolute Gasteiger partial charge is 0.341 e. The Labute approximate surface area is 235 Å². The van der Waals surface area contributed by atoms with Crippen molar-refractivity contribution in [3.8, 4) is 0 Å². The van der Waals surface area contributed by atoms with Crippen LogP contribution in [0.1, 0.15) is 90.3 Å². The lowest BCUT2D eigenvalue weighted by Crippen LogP contribution is -2.51. The van der Waals surface area contributed by atoms with Gasteiger partial charge in [-0.25, -0.2) is 9.59 Å². The molecule has 2 unspecified atom stereocenters. The number of fused-ring (bicyclic) bond motifs is 1. The van der Waals surface area contributed by atoms with Gasteiger partial charge in [0.2, 0.25) is 0 Å². The molecule has 4 rings (SSSR count). The van der Waals surface area contributed by atoms with E-state index in [1.54, 1.807) is 72.8 Å². The van der Waals surface area contributed by atoms with Crippen molar-refractivity contribution in [2.75, 3.05) is 0 Å². The first-order valence-electron chi connectivity index (χ1n) is 13.9. The molecule has 1 aliphatic rings. The van der Waals surface area contributed by atoms with Gasteiger partial charge in [-0.2, -0.15) is 0 Å². The molecule has 0 heterocycles. The van der Waals surface area contributed by atoms with E-state index in [1.165, 1.54) is 0 Å². The number of hydrogen-bond acceptors (Lipinski definition) is 6. The number of benzene rings is 3. The van der Waals surface area contributed by atoms with Crippen molar-refractivity contribution in [3.63, 3.8) is 0 Å². The van der Waals surface area contributed by atoms with E-state index >= 15 is 0 Å². The van der Waals surface area contributed by atoms with Crippen molar-refractivity contribution in [2.24, 2.45) is 5.92 Å². The number of carbonyl (C=O) groups excluding carboxylic acids is 2. The van der Waals surface area contributed by atoms with E-state index in [-0.39, 0.29) is 29.2 Å². The molecule has 7 nitrogen and oxygen atoms in total. The van der Waals surface area contributed by atoms with Gasteiger partial charge in [-0.1, -0.05) is 93.3 Å². The number of aliphatic carboxylic acids is 1. The fraction of sp³-hybridized carbons (Fsp3) is 0.364. The molecule has 3 aromatic carbocycles. The molecule has 0 radical (unpaired) electrons. The van der Waals surface area contributed by atoms with Gasteiger partial charge in [-0.3, -0.25) is 4.79 Å². The van der Waals surface area contributed by atoms with Crippen molar-refractivity contribution < 1.29 is 33.7 Å². The van der Waals surface area contributed by atoms with Crippen LogP contribution in [-0.4, -0.2) is 29.1 Å². The second-order valence-corrected chi connectivity index (χ2v) is 10.2. The molecule has 210 valence electrons. The number of ether oxygens (including phenoxy) is 3. The van der Waals surface area contributed by atoms with Gasteiger partial charge in [0.05, 0.1) is 23.3 Å². The van der Waals surface area contributed by atoms with Crippen LogP contribution < -0.4 is 0 Å². The van der Waals surface area contributed by atoms with E-state index in [0.29, 0.717) is 5.56 Å². The molecule has 0 aliphatic heterocycles. The highest BCUT2D eigenvalue weighted by atomic mass is 16.7. The van der Waals surface area contributed by atoms with Crippen molar-refractivity contribution in [1.29, 1.82) is 0 Å². The number of carboxylic acid groups (broad SMARTS) is 1. The Morgan fingerprint density at radius 1 is 0.825 bits per heavy atom. The van der Waals surface area contributed by atoms with Gasteiger partial charge < -0.3 is 19.3 Å². The average Bonchev–Trinajstić information content (AvgIpc) is 2.97. The van der Waals surface area contributed by atoms with Gasteiger partial charge in [0.15, 0.2) is 0 Å². The maximum absolute atomic E-state index is 13.4. The zero-order valence-corrected chi connectivity index (χ0v) is 23.0. The summed E-state index contributed by atoms with van der Waals surface area (Å²) in [5.41, 5.74) is 1.32. The minimum absolute atomic E-state index is 0.0458. The van der Waals surface area contributed by atoms with E-state index in [4.69, 9.17) is 14.2 Å². The molecule has 0 saturated carbocycles. The standard InChI is InChI=1S/C33H36O7/c1-3-4-5-8-15-23(2)38-29-22-28(30(34)35)33(27-21-14-13-20-26(27)29,39-31(36)24-16-9-6-10-17-24)40-32(37)25-18-11-7-12-19-25/h6-7,9-14,16-21,23,28-29H,3-5,8,15,22H2,1-2H3,(H,34,35)/t23-,28?,29?/m1/s1. The Morgan fingerprint density at radius 3 is 1.93 bits per heavy atom. The topological polar surface area (TPSA) is 99.1 Å². The molecule has 1 N–H and O–H groups in total. The molecule has 3 atom stereocenters. The third-order valence-electron chi connectivity index (χ3n) is 7.26. The van der Waals surface area contributed by atoms with Gasteiger partial charge >= 0.3 is 17.9 Å². The first-order valence-corrected chi connectivity index (χ1v) is 13.9. The third-order valence-corrected chi connectivity index (χ3v) is 7.26. The molecule has 0 spiro atoms. The van der Waals surface area contributed by atoms with E-state index in [0.717, 1.165) is 32.1 Å². The first-order chi connectivity index (χ1) is 19.4. The number of carbonyl (C=O) groups is 3. The highest BCUT2D eigenvalue weighted by Crippen LogP contribution is 2.50. The molecule has 7 heteroatoms. The summed E-state index contributed by atoms with van der Waals surface area (Å²) in [6, 6.07) is 23.4. The van der Waals surface area contributed by atoms with Crippen molar-refractivity contribution in [3.05, 3.63) is 107 Å². The molecule has 0 fully saturated rings. The summed E-state index contributed by atoms with van der Waals surface area (Å²) < 4.78 is 18.4. The second kappa shape index (κ2) is 13.4. The highest BCUT2D eigenvalue weighted by molar-refractivity contribution is 5.92. The van der Waals surface area contributed by atoms with Crippen LogP contribution in [0.4, 0.5) is 0 Å². The van der Waals surface area contributed by atoms with Crippen molar-refractivity contribution in [1.82, 2.24) is 0 Å². The van der Waals surface area contributed by atoms with Gasteiger partial charge in [0.25, 0.3) is 5.79 Å². The minimum Gasteiger partial charge on any atom is -0.481 e. The summed E-state index contributed by atoms with van der Waals surface area (Å²) in [6.45, 7) is 4.14. The van der Waals surface area contributed by atoms with E-state index < -0.39 is 35.7 Å². The van der Waals surface area contributed by atoms with Crippen molar-refractivity contribution >= 4 is 17.9 Å². The fourth-order valence-electron chi connectivity index (χ4n) is 5.19. The Bertz CT molecular complexity index is 1230. The average molecular weight is 545 g/mol. The summed E-state index contributed by atoms with van der Waals surface area (Å²) in [6.07, 6.45) is 4.51. The summed E-state index contributed by atoms with van der Waals surface area (Å²) in [5, 5.41) is 10.5. The van der Waals surface area contributed by atoms with Crippen LogP contribution in [-0.2, 0) is 24.8 Å². The predicted molar refractivity (Wildman–Crippen MR) is 150 cm³/mol. The number of rotatable bonds is 12. The minimum atomic E-state index is -2.22. The number of carboxylic acids is 1. The Balaban J connectivity index is 1.76. The highest BCUT2D eigenvalue weighted by Gasteiger charge is 2.58. The van der Waals surface area contributed by atoms with Crippen LogP contribution in [0.2, 0.25) is 0 Å². The van der Waals surface area contributed by atoms with Crippen LogP contribution in [0, 0.1) is 5.92 Å². The molecule has 0 bridgehead atoms. The molecule has 3 aromatic rings. The third kappa shape index (κ3) is 6.59. The molecule has 1 aliphatic carbocycles. The summed E-state index contributed by atoms with van der Waals surface area (Å²) in [4.78, 5) is 39.7. The normalized spacial score (nSPS) is 18.2. The Kier molecular flexibility index (Phi) is 9.72. The molecule has 0 aromatic heterocycles. The van der Waals surface area contributed by atoms with Gasteiger partial charge in [-0.15, -0.1) is 0 Å². The van der Waals surface area contributed by atoms with Crippen LogP contribution in [0.5, 0.6) is 0 Å². The quantitative estimate of drug-likeness (QED) is 0.148. The zero-order valence-electron chi connectivity index (χ0n) is 23.0. The number of unbranched alkanes of at least 4 members (excludes halogenated alkanes) is 3. The van der Waals surface area contributed by atoms with Crippen LogP contribution >= 0.6 is 0 Å². The zero-order chi connectivity index (χ0) is 28.5. The van der Waals surface area contributed by atoms with Crippen LogP contribution in [0.25, 0.3) is 0 Å². The molecule has 0 amide bonds. The summed E-state index contributed by atoms with van der Waals surface area (Å²) in [5.74, 6) is -6.50. The Hall–Kier alpha value is -3.97. The van der Waals surface area contributed by atoms with E-state index in [2.05, 4.69) is 6.92 Å². The summed E-state index contributed by atoms with van der Waals surface area (Å²) >= 11 is 0. The summed E-state index contributed by atoms with van der Waals surface area (Å²) in [7, 11) is 0. The van der Waals surface area contributed by atoms with Crippen LogP contribution in [0.15, 0.2) is 84.9 Å². The monoisotopic (exact) mass is 544 g/mol. The molecular formula is C33H36O7. The first kappa shape index (κ1) is 29.0. The van der Waals surface area contributed by atoms with E-state index in [1.807, 2.05) is 19.1 Å². The lowest BCUT2D eigenvalue weighted by molar-refractivity contribution is -0.232. The lowest BCUT2D eigenvalue weighted by atomic mass is 9.76. The van der Waals surface area contributed by atoms with Crippen LogP contribution in [0.3, 0.4) is 0 Å². The second-order valence-electron chi connectivity index (χ2n) is 10.2. The lowest BCUT2D eigenvalue weighted by Gasteiger charge is -2.44. The van der Waals surface area contributed by atoms with Gasteiger partial charge in [0, 0.05) is 5.56 Å². The van der Waals surface area contributed by atoms with E-state index in [9.17, 15) is 19.5 Å². The molecule has 0 saturated heterocycles. The molecule has 40 heavy (non-hydrogen) atoms. The SMILES string of the molecule is CCCCCC[C@@H](C)OC1CC(C(=O)O)C(OC(=O)c2ccccc2)(OC(=O)c2ccccc2)c2ccccc21. The molecular weight excluding hydrogens is 508 g/mol. The van der Waals surface area contributed by atoms with Gasteiger partial charge in [-0.05, 0) is 49.6 Å². The van der Waals surface area contributed by atoms with Crippen molar-refractivity contribution in [2.45, 2.75) is 70.4 Å². The fourth-order valence-corrected chi connectivity index (χ4v) is 5.19. The number of esters is 2. The maximum atomic E-state index is 13.4. The number of hydrogen-bond donors (Lipinski definition) is 1. The maximum Gasteiger partial charge on any atom is 0.341 e. The predicted octanol–water partition coefficient (Wildman–Crippen LogP) is 7.07. The largest absolute Gasteiger partial charge is 0.481 e. The van der Waals surface area contributed by atoms with Gasteiger partial charge in [0.1, 0.15) is 5.92 Å².